The third-order valence-electron chi connectivity index (χ3n) is 7.01. The Kier molecular flexibility index (Phi) is 4.83. The number of hydrogen-bond donors (Lipinski definition) is 2. The standard InChI is InChI=1S/C24H27N3O5/c1-29-18-9-16-17(10-19(18)30-2)27(12-25-16)22-23(28)21(20-11-31-24(22)32-20)26-15-7-13-5-3-4-6-14(13)8-15/h3-6,9-10,12,15,20-24,26,28H,7-8,11H2,1-2H3/t20-,21-,22-,23+,24-/m1/s1. The highest BCUT2D eigenvalue weighted by atomic mass is 16.7. The molecule has 1 aliphatic carbocycles. The van der Waals surface area contributed by atoms with Gasteiger partial charge in [-0.3, -0.25) is 0 Å². The van der Waals surface area contributed by atoms with Gasteiger partial charge in [0.05, 0.1) is 50.3 Å². The molecule has 0 unspecified atom stereocenters. The van der Waals surface area contributed by atoms with Crippen LogP contribution in [0.5, 0.6) is 11.5 Å². The molecule has 0 amide bonds. The average molecular weight is 437 g/mol. The summed E-state index contributed by atoms with van der Waals surface area (Å²) < 4.78 is 25.0. The predicted molar refractivity (Wildman–Crippen MR) is 117 cm³/mol. The molecule has 0 saturated carbocycles. The fourth-order valence-corrected chi connectivity index (χ4v) is 5.44. The molecule has 2 N–H and O–H groups in total. The van der Waals surface area contributed by atoms with E-state index in [1.807, 2.05) is 16.7 Å². The van der Waals surface area contributed by atoms with Gasteiger partial charge >= 0.3 is 0 Å². The Labute approximate surface area is 186 Å². The van der Waals surface area contributed by atoms with E-state index < -0.39 is 18.4 Å². The van der Waals surface area contributed by atoms with E-state index in [2.05, 4.69) is 34.6 Å². The maximum Gasteiger partial charge on any atom is 0.181 e. The van der Waals surface area contributed by atoms with E-state index in [1.54, 1.807) is 20.5 Å². The van der Waals surface area contributed by atoms with Crippen molar-refractivity contribution in [2.45, 2.75) is 49.5 Å². The number of hydrogen-bond acceptors (Lipinski definition) is 7. The second-order valence-electron chi connectivity index (χ2n) is 8.77. The van der Waals surface area contributed by atoms with E-state index in [1.165, 1.54) is 11.1 Å². The molecule has 3 aliphatic rings. The van der Waals surface area contributed by atoms with Crippen LogP contribution in [0.4, 0.5) is 0 Å². The van der Waals surface area contributed by atoms with E-state index in [4.69, 9.17) is 18.9 Å². The fourth-order valence-electron chi connectivity index (χ4n) is 5.44. The largest absolute Gasteiger partial charge is 0.493 e. The number of imidazole rings is 1. The van der Waals surface area contributed by atoms with Crippen molar-refractivity contribution in [3.63, 3.8) is 0 Å². The molecule has 1 aromatic heterocycles. The predicted octanol–water partition coefficient (Wildman–Crippen LogP) is 1.84. The molecule has 6 rings (SSSR count). The summed E-state index contributed by atoms with van der Waals surface area (Å²) >= 11 is 0. The van der Waals surface area contributed by atoms with Crippen molar-refractivity contribution in [1.29, 1.82) is 0 Å². The van der Waals surface area contributed by atoms with Crippen LogP contribution in [0, 0.1) is 0 Å². The number of methoxy groups -OCH3 is 2. The van der Waals surface area contributed by atoms with Crippen LogP contribution in [-0.2, 0) is 22.3 Å². The Morgan fingerprint density at radius 1 is 1.09 bits per heavy atom. The first-order chi connectivity index (χ1) is 15.7. The SMILES string of the molecule is COc1cc2ncn([C@H]3[C@@H]4OC[C@@H](O4)[C@@H](NC4Cc5ccccc5C4)[C@@H]3O)c2cc1OC. The van der Waals surface area contributed by atoms with Crippen LogP contribution in [0.2, 0.25) is 0 Å². The molecule has 2 aromatic carbocycles. The van der Waals surface area contributed by atoms with Crippen LogP contribution in [0.15, 0.2) is 42.7 Å². The first-order valence-electron chi connectivity index (χ1n) is 11.0. The minimum atomic E-state index is -0.699. The number of aliphatic hydroxyl groups excluding tert-OH is 1. The Morgan fingerprint density at radius 2 is 1.81 bits per heavy atom. The third-order valence-corrected chi connectivity index (χ3v) is 7.01. The molecular formula is C24H27N3O5. The highest BCUT2D eigenvalue weighted by Crippen LogP contribution is 2.40. The zero-order valence-corrected chi connectivity index (χ0v) is 18.1. The van der Waals surface area contributed by atoms with Crippen LogP contribution in [0.25, 0.3) is 11.0 Å². The van der Waals surface area contributed by atoms with E-state index in [0.717, 1.165) is 23.9 Å². The molecule has 2 saturated heterocycles. The number of benzene rings is 2. The molecule has 2 bridgehead atoms. The summed E-state index contributed by atoms with van der Waals surface area (Å²) in [6.45, 7) is 0.458. The zero-order chi connectivity index (χ0) is 21.8. The Balaban J connectivity index is 1.31. The summed E-state index contributed by atoms with van der Waals surface area (Å²) in [5.41, 5.74) is 4.33. The number of aliphatic hydroxyl groups is 1. The van der Waals surface area contributed by atoms with E-state index in [0.29, 0.717) is 18.1 Å². The summed E-state index contributed by atoms with van der Waals surface area (Å²) in [5.74, 6) is 1.22. The molecule has 8 nitrogen and oxygen atoms in total. The number of rotatable bonds is 5. The molecule has 3 heterocycles. The van der Waals surface area contributed by atoms with Gasteiger partial charge in [0, 0.05) is 18.2 Å². The summed E-state index contributed by atoms with van der Waals surface area (Å²) in [6, 6.07) is 11.8. The van der Waals surface area contributed by atoms with Crippen LogP contribution in [0.3, 0.4) is 0 Å². The Morgan fingerprint density at radius 3 is 2.53 bits per heavy atom. The van der Waals surface area contributed by atoms with Gasteiger partial charge in [-0.25, -0.2) is 4.98 Å². The summed E-state index contributed by atoms with van der Waals surface area (Å²) in [6.07, 6.45) is 2.22. The van der Waals surface area contributed by atoms with Crippen LogP contribution in [-0.4, -0.2) is 66.1 Å². The van der Waals surface area contributed by atoms with E-state index in [9.17, 15) is 5.11 Å². The Hall–Kier alpha value is -2.65. The zero-order valence-electron chi connectivity index (χ0n) is 18.1. The van der Waals surface area contributed by atoms with Gasteiger partial charge in [-0.05, 0) is 24.0 Å². The van der Waals surface area contributed by atoms with Crippen molar-refractivity contribution in [2.24, 2.45) is 0 Å². The lowest BCUT2D eigenvalue weighted by atomic mass is 9.94. The lowest BCUT2D eigenvalue weighted by molar-refractivity contribution is -0.165. The monoisotopic (exact) mass is 437 g/mol. The topological polar surface area (TPSA) is 87.0 Å². The van der Waals surface area contributed by atoms with Crippen molar-refractivity contribution in [3.8, 4) is 11.5 Å². The van der Waals surface area contributed by atoms with Gasteiger partial charge in [-0.2, -0.15) is 0 Å². The number of nitrogens with zero attached hydrogens (tertiary/aromatic N) is 2. The van der Waals surface area contributed by atoms with Crippen LogP contribution >= 0.6 is 0 Å². The van der Waals surface area contributed by atoms with Crippen molar-refractivity contribution in [1.82, 2.24) is 14.9 Å². The molecule has 8 heteroatoms. The van der Waals surface area contributed by atoms with Crippen LogP contribution < -0.4 is 14.8 Å². The van der Waals surface area contributed by atoms with E-state index in [-0.39, 0.29) is 18.2 Å². The Bertz CT molecular complexity index is 1120. The maximum absolute atomic E-state index is 11.5. The molecular weight excluding hydrogens is 410 g/mol. The molecule has 32 heavy (non-hydrogen) atoms. The van der Waals surface area contributed by atoms with Gasteiger partial charge in [-0.15, -0.1) is 0 Å². The lowest BCUT2D eigenvalue weighted by Gasteiger charge is -2.40. The number of ether oxygens (including phenoxy) is 4. The summed E-state index contributed by atoms with van der Waals surface area (Å²) in [5, 5.41) is 15.2. The molecule has 0 radical (unpaired) electrons. The van der Waals surface area contributed by atoms with Crippen molar-refractivity contribution in [2.75, 3.05) is 20.8 Å². The highest BCUT2D eigenvalue weighted by molar-refractivity contribution is 5.80. The normalized spacial score (nSPS) is 29.4. The van der Waals surface area contributed by atoms with Crippen molar-refractivity contribution < 1.29 is 24.1 Å². The molecule has 168 valence electrons. The van der Waals surface area contributed by atoms with Crippen molar-refractivity contribution >= 4 is 11.0 Å². The lowest BCUT2D eigenvalue weighted by Crippen LogP contribution is -2.59. The number of nitrogens with one attached hydrogen (secondary N) is 1. The highest BCUT2D eigenvalue weighted by Gasteiger charge is 2.51. The first kappa shape index (κ1) is 20.0. The van der Waals surface area contributed by atoms with Gasteiger partial charge in [0.2, 0.25) is 0 Å². The first-order valence-corrected chi connectivity index (χ1v) is 11.0. The number of fused-ring (bicyclic) bond motifs is 4. The number of aromatic nitrogens is 2. The molecule has 3 aromatic rings. The summed E-state index contributed by atoms with van der Waals surface area (Å²) in [7, 11) is 3.21. The van der Waals surface area contributed by atoms with Gasteiger partial charge in [0.15, 0.2) is 17.8 Å². The minimum absolute atomic E-state index is 0.181. The van der Waals surface area contributed by atoms with Gasteiger partial charge in [0.25, 0.3) is 0 Å². The van der Waals surface area contributed by atoms with Crippen molar-refractivity contribution in [3.05, 3.63) is 53.9 Å². The second-order valence-corrected chi connectivity index (χ2v) is 8.77. The average Bonchev–Trinajstić information content (AvgIpc) is 3.53. The third kappa shape index (κ3) is 3.09. The molecule has 0 spiro atoms. The quantitative estimate of drug-likeness (QED) is 0.630. The summed E-state index contributed by atoms with van der Waals surface area (Å²) in [4.78, 5) is 4.53. The van der Waals surface area contributed by atoms with Gasteiger partial charge < -0.3 is 33.9 Å². The van der Waals surface area contributed by atoms with E-state index >= 15 is 0 Å². The van der Waals surface area contributed by atoms with Gasteiger partial charge in [0.1, 0.15) is 12.1 Å². The van der Waals surface area contributed by atoms with Gasteiger partial charge in [-0.1, -0.05) is 24.3 Å². The fraction of sp³-hybridized carbons (Fsp3) is 0.458. The molecule has 5 atom stereocenters. The second kappa shape index (κ2) is 7.74. The smallest absolute Gasteiger partial charge is 0.181 e. The molecule has 2 aliphatic heterocycles. The molecule has 2 fully saturated rings. The minimum Gasteiger partial charge on any atom is -0.493 e. The maximum atomic E-state index is 11.5. The van der Waals surface area contributed by atoms with Crippen LogP contribution in [0.1, 0.15) is 17.2 Å².